The molecule has 2 fully saturated rings. The van der Waals surface area contributed by atoms with Gasteiger partial charge in [-0.05, 0) is 56.1 Å². The zero-order valence-corrected chi connectivity index (χ0v) is 24.7. The second-order valence-electron chi connectivity index (χ2n) is 11.5. The van der Waals surface area contributed by atoms with Crippen LogP contribution in [0.4, 0.5) is 5.82 Å². The van der Waals surface area contributed by atoms with Gasteiger partial charge in [-0.15, -0.1) is 10.2 Å². The SMILES string of the molecule is CN1CCC[C@H]1COc1nc(N2CCN(OC(=O)c3ccccc3)[C@@H](CC#N)C2)c2ncc(C3=CCc4ccccc43)n2n1. The van der Waals surface area contributed by atoms with Gasteiger partial charge < -0.3 is 19.4 Å². The molecule has 2 atom stereocenters. The first-order valence-electron chi connectivity index (χ1n) is 15.1. The first-order chi connectivity index (χ1) is 21.6. The lowest BCUT2D eigenvalue weighted by atomic mass is 10.0. The number of rotatable bonds is 8. The predicted molar refractivity (Wildman–Crippen MR) is 164 cm³/mol. The van der Waals surface area contributed by atoms with Crippen molar-refractivity contribution in [3.05, 3.63) is 89.3 Å². The van der Waals surface area contributed by atoms with E-state index in [0.29, 0.717) is 49.3 Å². The molecule has 0 bridgehead atoms. The molecule has 0 spiro atoms. The number of likely N-dealkylation sites (tertiary alicyclic amines) is 1. The zero-order valence-electron chi connectivity index (χ0n) is 24.7. The fourth-order valence-electron chi connectivity index (χ4n) is 6.35. The number of benzene rings is 2. The molecule has 2 saturated heterocycles. The molecule has 11 heteroatoms. The Balaban J connectivity index is 1.20. The molecule has 0 unspecified atom stereocenters. The zero-order chi connectivity index (χ0) is 30.0. The summed E-state index contributed by atoms with van der Waals surface area (Å²) in [6.07, 6.45) is 7.32. The van der Waals surface area contributed by atoms with Crippen molar-refractivity contribution < 1.29 is 14.4 Å². The van der Waals surface area contributed by atoms with Crippen molar-refractivity contribution in [2.24, 2.45) is 0 Å². The molecule has 44 heavy (non-hydrogen) atoms. The number of piperazine rings is 1. The van der Waals surface area contributed by atoms with Crippen LogP contribution in [0, 0.1) is 11.3 Å². The molecule has 0 saturated carbocycles. The van der Waals surface area contributed by atoms with Gasteiger partial charge >= 0.3 is 12.0 Å². The summed E-state index contributed by atoms with van der Waals surface area (Å²) in [6.45, 7) is 2.88. The molecule has 7 rings (SSSR count). The summed E-state index contributed by atoms with van der Waals surface area (Å²) in [5.74, 6) is 0.187. The van der Waals surface area contributed by atoms with Crippen LogP contribution in [-0.2, 0) is 11.3 Å². The van der Waals surface area contributed by atoms with E-state index in [4.69, 9.17) is 24.6 Å². The number of hydroxylamine groups is 2. The molecule has 0 N–H and O–H groups in total. The highest BCUT2D eigenvalue weighted by atomic mass is 16.7. The average molecular weight is 591 g/mol. The van der Waals surface area contributed by atoms with E-state index in [1.807, 2.05) is 22.8 Å². The van der Waals surface area contributed by atoms with Gasteiger partial charge in [-0.2, -0.15) is 10.2 Å². The molecule has 3 aliphatic rings. The number of nitrogens with zero attached hydrogens (tertiary/aromatic N) is 8. The monoisotopic (exact) mass is 590 g/mol. The number of fused-ring (bicyclic) bond motifs is 2. The Morgan fingerprint density at radius 2 is 1.91 bits per heavy atom. The second-order valence-corrected chi connectivity index (χ2v) is 11.5. The van der Waals surface area contributed by atoms with Crippen LogP contribution < -0.4 is 9.64 Å². The Bertz CT molecular complexity index is 1750. The fraction of sp³-hybridized carbons (Fsp3) is 0.364. The Kier molecular flexibility index (Phi) is 7.68. The number of carbonyl (C=O) groups excluding carboxylic acids is 1. The smallest absolute Gasteiger partial charge is 0.357 e. The van der Waals surface area contributed by atoms with Gasteiger partial charge in [0.25, 0.3) is 0 Å². The lowest BCUT2D eigenvalue weighted by Crippen LogP contribution is -2.54. The maximum atomic E-state index is 12.8. The molecular formula is C33H34N8O3. The van der Waals surface area contributed by atoms with E-state index < -0.39 is 5.97 Å². The maximum Gasteiger partial charge on any atom is 0.357 e. The van der Waals surface area contributed by atoms with Crippen LogP contribution in [0.2, 0.25) is 0 Å². The third-order valence-corrected chi connectivity index (χ3v) is 8.78. The topological polar surface area (TPSA) is 112 Å². The van der Waals surface area contributed by atoms with Gasteiger partial charge in [0.1, 0.15) is 6.61 Å². The van der Waals surface area contributed by atoms with Gasteiger partial charge in [0.2, 0.25) is 0 Å². The van der Waals surface area contributed by atoms with E-state index in [9.17, 15) is 10.1 Å². The van der Waals surface area contributed by atoms with Gasteiger partial charge in [-0.25, -0.2) is 14.3 Å². The van der Waals surface area contributed by atoms with E-state index in [1.54, 1.807) is 29.3 Å². The van der Waals surface area contributed by atoms with Crippen molar-refractivity contribution >= 4 is 23.0 Å². The van der Waals surface area contributed by atoms with E-state index in [0.717, 1.165) is 37.1 Å². The minimum atomic E-state index is -0.443. The van der Waals surface area contributed by atoms with Gasteiger partial charge in [0.05, 0.1) is 42.5 Å². The third-order valence-electron chi connectivity index (χ3n) is 8.78. The average Bonchev–Trinajstić information content (AvgIpc) is 3.79. The highest BCUT2D eigenvalue weighted by molar-refractivity contribution is 5.89. The van der Waals surface area contributed by atoms with Crippen molar-refractivity contribution in [1.82, 2.24) is 29.5 Å². The van der Waals surface area contributed by atoms with Crippen LogP contribution in [0.3, 0.4) is 0 Å². The summed E-state index contributed by atoms with van der Waals surface area (Å²) in [5, 5.41) is 16.1. The maximum absolute atomic E-state index is 12.8. The van der Waals surface area contributed by atoms with Gasteiger partial charge in [0, 0.05) is 24.7 Å². The van der Waals surface area contributed by atoms with E-state index >= 15 is 0 Å². The number of allylic oxidation sites excluding steroid dienone is 1. The van der Waals surface area contributed by atoms with Crippen LogP contribution >= 0.6 is 0 Å². The number of imidazole rings is 1. The number of likely N-dealkylation sites (N-methyl/N-ethyl adjacent to an activating group) is 1. The predicted octanol–water partition coefficient (Wildman–Crippen LogP) is 3.76. The number of hydrogen-bond donors (Lipinski definition) is 0. The number of nitriles is 1. The van der Waals surface area contributed by atoms with Gasteiger partial charge in [-0.3, -0.25) is 0 Å². The summed E-state index contributed by atoms with van der Waals surface area (Å²) in [6, 6.07) is 19.8. The van der Waals surface area contributed by atoms with Crippen molar-refractivity contribution in [3.8, 4) is 12.1 Å². The highest BCUT2D eigenvalue weighted by Gasteiger charge is 2.33. The molecule has 2 aromatic carbocycles. The third kappa shape index (κ3) is 5.38. The lowest BCUT2D eigenvalue weighted by Gasteiger charge is -2.39. The van der Waals surface area contributed by atoms with Crippen LogP contribution in [0.5, 0.6) is 6.01 Å². The van der Waals surface area contributed by atoms with Crippen molar-refractivity contribution in [1.29, 1.82) is 5.26 Å². The van der Waals surface area contributed by atoms with E-state index in [-0.39, 0.29) is 18.5 Å². The number of aromatic nitrogens is 4. The number of hydrogen-bond acceptors (Lipinski definition) is 10. The highest BCUT2D eigenvalue weighted by Crippen LogP contribution is 2.34. The summed E-state index contributed by atoms with van der Waals surface area (Å²) >= 11 is 0. The molecule has 0 amide bonds. The Labute approximate surface area is 255 Å². The minimum absolute atomic E-state index is 0.181. The Morgan fingerprint density at radius 1 is 1.07 bits per heavy atom. The summed E-state index contributed by atoms with van der Waals surface area (Å²) in [4.78, 5) is 32.7. The fourth-order valence-corrected chi connectivity index (χ4v) is 6.35. The molecule has 2 aliphatic heterocycles. The quantitative estimate of drug-likeness (QED) is 0.301. The molecule has 11 nitrogen and oxygen atoms in total. The first-order valence-corrected chi connectivity index (χ1v) is 15.1. The molecule has 0 radical (unpaired) electrons. The molecule has 224 valence electrons. The van der Waals surface area contributed by atoms with Crippen molar-refractivity contribution in [2.75, 3.05) is 44.7 Å². The van der Waals surface area contributed by atoms with Crippen LogP contribution in [0.1, 0.15) is 46.4 Å². The molecular weight excluding hydrogens is 556 g/mol. The summed E-state index contributed by atoms with van der Waals surface area (Å²) in [5.41, 5.74) is 5.48. The summed E-state index contributed by atoms with van der Waals surface area (Å²) in [7, 11) is 2.12. The first kappa shape index (κ1) is 28.0. The van der Waals surface area contributed by atoms with E-state index in [1.165, 1.54) is 11.1 Å². The lowest BCUT2D eigenvalue weighted by molar-refractivity contribution is -0.140. The number of anilines is 1. The number of ether oxygens (including phenoxy) is 1. The van der Waals surface area contributed by atoms with Crippen molar-refractivity contribution in [2.45, 2.75) is 37.8 Å². The van der Waals surface area contributed by atoms with Crippen molar-refractivity contribution in [3.63, 3.8) is 0 Å². The molecule has 2 aromatic heterocycles. The van der Waals surface area contributed by atoms with Crippen LogP contribution in [0.25, 0.3) is 11.2 Å². The van der Waals surface area contributed by atoms with Crippen LogP contribution in [-0.4, -0.2) is 87.4 Å². The second kappa shape index (κ2) is 12.1. The Morgan fingerprint density at radius 3 is 2.73 bits per heavy atom. The number of carbonyl (C=O) groups is 1. The van der Waals surface area contributed by atoms with Crippen LogP contribution in [0.15, 0.2) is 66.9 Å². The summed E-state index contributed by atoms with van der Waals surface area (Å²) < 4.78 is 8.10. The minimum Gasteiger partial charge on any atom is -0.461 e. The normalized spacial score (nSPS) is 20.4. The standard InChI is InChI=1S/C33H34N8O3/c1-38-17-7-11-26(38)22-43-33-36-31(30-35-20-29(41(30)37-33)28-14-13-23-8-5-6-12-27(23)28)39-18-19-40(25(21-39)15-16-34)44-32(42)24-9-3-2-4-10-24/h2-6,8-10,12,14,20,25-26H,7,11,13,15,17-19,21-22H2,1H3/t25-,26-/m0/s1. The van der Waals surface area contributed by atoms with Gasteiger partial charge in [0.15, 0.2) is 11.5 Å². The Hall–Kier alpha value is -4.79. The molecule has 4 aromatic rings. The molecule has 1 aliphatic carbocycles. The largest absolute Gasteiger partial charge is 0.461 e. The molecule has 4 heterocycles. The van der Waals surface area contributed by atoms with Gasteiger partial charge in [-0.1, -0.05) is 48.5 Å². The van der Waals surface area contributed by atoms with E-state index in [2.05, 4.69) is 47.2 Å².